The van der Waals surface area contributed by atoms with E-state index in [4.69, 9.17) is 5.26 Å². The molecule has 0 radical (unpaired) electrons. The Labute approximate surface area is 109 Å². The fourth-order valence-corrected chi connectivity index (χ4v) is 1.46. The van der Waals surface area contributed by atoms with Crippen LogP contribution in [0.3, 0.4) is 0 Å². The van der Waals surface area contributed by atoms with Gasteiger partial charge in [-0.2, -0.15) is 5.26 Å². The Bertz CT molecular complexity index is 659. The molecule has 2 aromatic rings. The average molecular weight is 255 g/mol. The van der Waals surface area contributed by atoms with Crippen molar-refractivity contribution in [3.8, 4) is 6.07 Å². The summed E-state index contributed by atoms with van der Waals surface area (Å²) < 4.78 is 13.3. The monoisotopic (exact) mass is 255 g/mol. The number of nitriles is 1. The van der Waals surface area contributed by atoms with Crippen LogP contribution in [0.25, 0.3) is 0 Å². The fraction of sp³-hybridized carbons (Fsp3) is 0.0714. The topological polar surface area (TPSA) is 65.8 Å². The maximum Gasteiger partial charge on any atom is 0.256 e. The van der Waals surface area contributed by atoms with Crippen LogP contribution in [0.4, 0.5) is 10.2 Å². The summed E-state index contributed by atoms with van der Waals surface area (Å²) in [7, 11) is 0. The number of carbonyl (C=O) groups excluding carboxylic acids is 1. The summed E-state index contributed by atoms with van der Waals surface area (Å²) >= 11 is 0. The molecular weight excluding hydrogens is 245 g/mol. The van der Waals surface area contributed by atoms with Crippen molar-refractivity contribution in [2.45, 2.75) is 6.92 Å². The Hall–Kier alpha value is -2.74. The number of aromatic nitrogens is 1. The van der Waals surface area contributed by atoms with Crippen LogP contribution in [0.2, 0.25) is 0 Å². The molecule has 0 saturated carbocycles. The summed E-state index contributed by atoms with van der Waals surface area (Å²) in [6.45, 7) is 1.62. The summed E-state index contributed by atoms with van der Waals surface area (Å²) in [4.78, 5) is 15.8. The highest BCUT2D eigenvalue weighted by molar-refractivity contribution is 6.03. The van der Waals surface area contributed by atoms with Gasteiger partial charge in [0, 0.05) is 11.8 Å². The molecule has 1 N–H and O–H groups in total. The molecule has 94 valence electrons. The van der Waals surface area contributed by atoms with Gasteiger partial charge in [0.15, 0.2) is 0 Å². The number of halogens is 1. The Kier molecular flexibility index (Phi) is 3.53. The van der Waals surface area contributed by atoms with E-state index in [2.05, 4.69) is 10.3 Å². The zero-order valence-electron chi connectivity index (χ0n) is 10.1. The first-order valence-corrected chi connectivity index (χ1v) is 5.54. The van der Waals surface area contributed by atoms with E-state index in [0.717, 1.165) is 0 Å². The Morgan fingerprint density at radius 3 is 2.74 bits per heavy atom. The smallest absolute Gasteiger partial charge is 0.256 e. The molecule has 5 heteroatoms. The Morgan fingerprint density at radius 1 is 1.37 bits per heavy atom. The third kappa shape index (κ3) is 2.93. The molecule has 0 aliphatic rings. The lowest BCUT2D eigenvalue weighted by atomic mass is 10.1. The molecule has 0 atom stereocenters. The molecule has 0 unspecified atom stereocenters. The maximum atomic E-state index is 13.3. The molecule has 0 bridgehead atoms. The summed E-state index contributed by atoms with van der Waals surface area (Å²) in [5.41, 5.74) is 1.10. The lowest BCUT2D eigenvalue weighted by Crippen LogP contribution is -2.13. The first-order chi connectivity index (χ1) is 9.10. The summed E-state index contributed by atoms with van der Waals surface area (Å²) in [5, 5.41) is 11.2. The lowest BCUT2D eigenvalue weighted by molar-refractivity contribution is 0.102. The largest absolute Gasteiger partial charge is 0.307 e. The van der Waals surface area contributed by atoms with Crippen LogP contribution in [-0.2, 0) is 0 Å². The van der Waals surface area contributed by atoms with Gasteiger partial charge in [-0.3, -0.25) is 4.79 Å². The predicted molar refractivity (Wildman–Crippen MR) is 68.0 cm³/mol. The number of rotatable bonds is 2. The second-order valence-corrected chi connectivity index (χ2v) is 3.96. The summed E-state index contributed by atoms with van der Waals surface area (Å²) in [6.07, 6.45) is 1.35. The standard InChI is InChI=1S/C14H10FN3O/c1-9-2-4-11(6-12(9)15)14(19)18-13-5-3-10(7-16)8-17-13/h2-6,8H,1H3,(H,17,18,19). The second-order valence-electron chi connectivity index (χ2n) is 3.96. The first kappa shape index (κ1) is 12.7. The van der Waals surface area contributed by atoms with Crippen molar-refractivity contribution in [1.82, 2.24) is 4.98 Å². The molecule has 19 heavy (non-hydrogen) atoms. The van der Waals surface area contributed by atoms with Crippen molar-refractivity contribution in [3.63, 3.8) is 0 Å². The van der Waals surface area contributed by atoms with Crippen LogP contribution in [0, 0.1) is 24.1 Å². The lowest BCUT2D eigenvalue weighted by Gasteiger charge is -2.05. The zero-order chi connectivity index (χ0) is 13.8. The molecule has 1 amide bonds. The van der Waals surface area contributed by atoms with Crippen LogP contribution in [-0.4, -0.2) is 10.9 Å². The normalized spacial score (nSPS) is 9.74. The molecule has 0 aliphatic heterocycles. The summed E-state index contributed by atoms with van der Waals surface area (Å²) in [5.74, 6) is -0.568. The van der Waals surface area contributed by atoms with E-state index in [1.54, 1.807) is 13.0 Å². The quantitative estimate of drug-likeness (QED) is 0.897. The molecule has 0 saturated heterocycles. The van der Waals surface area contributed by atoms with E-state index >= 15 is 0 Å². The van der Waals surface area contributed by atoms with E-state index in [1.807, 2.05) is 6.07 Å². The van der Waals surface area contributed by atoms with Crippen LogP contribution in [0.1, 0.15) is 21.5 Å². The van der Waals surface area contributed by atoms with Gasteiger partial charge in [0.2, 0.25) is 0 Å². The Morgan fingerprint density at radius 2 is 2.16 bits per heavy atom. The first-order valence-electron chi connectivity index (χ1n) is 5.54. The third-order valence-corrected chi connectivity index (χ3v) is 2.57. The minimum Gasteiger partial charge on any atom is -0.307 e. The van der Waals surface area contributed by atoms with Gasteiger partial charge in [0.1, 0.15) is 17.7 Å². The molecule has 2 rings (SSSR count). The van der Waals surface area contributed by atoms with E-state index in [9.17, 15) is 9.18 Å². The minimum atomic E-state index is -0.448. The number of hydrogen-bond donors (Lipinski definition) is 1. The fourth-order valence-electron chi connectivity index (χ4n) is 1.46. The van der Waals surface area contributed by atoms with Crippen molar-refractivity contribution in [2.75, 3.05) is 5.32 Å². The molecular formula is C14H10FN3O. The second kappa shape index (κ2) is 5.27. The number of hydrogen-bond acceptors (Lipinski definition) is 3. The Balaban J connectivity index is 2.16. The highest BCUT2D eigenvalue weighted by Crippen LogP contribution is 2.11. The number of anilines is 1. The zero-order valence-corrected chi connectivity index (χ0v) is 10.1. The van der Waals surface area contributed by atoms with E-state index in [1.165, 1.54) is 30.5 Å². The van der Waals surface area contributed by atoms with Crippen LogP contribution in [0.15, 0.2) is 36.5 Å². The molecule has 0 spiro atoms. The number of nitrogens with zero attached hydrogens (tertiary/aromatic N) is 2. The van der Waals surface area contributed by atoms with E-state index < -0.39 is 11.7 Å². The van der Waals surface area contributed by atoms with Crippen molar-refractivity contribution >= 4 is 11.7 Å². The molecule has 1 heterocycles. The maximum absolute atomic E-state index is 13.3. The number of aryl methyl sites for hydroxylation is 1. The van der Waals surface area contributed by atoms with E-state index in [0.29, 0.717) is 16.9 Å². The van der Waals surface area contributed by atoms with Crippen molar-refractivity contribution in [3.05, 3.63) is 59.0 Å². The number of benzene rings is 1. The van der Waals surface area contributed by atoms with Gasteiger partial charge in [-0.25, -0.2) is 9.37 Å². The predicted octanol–water partition coefficient (Wildman–Crippen LogP) is 2.65. The summed E-state index contributed by atoms with van der Waals surface area (Å²) in [6, 6.07) is 9.24. The number of nitrogens with one attached hydrogen (secondary N) is 1. The van der Waals surface area contributed by atoms with E-state index in [-0.39, 0.29) is 5.56 Å². The van der Waals surface area contributed by atoms with Gasteiger partial charge in [0.05, 0.1) is 5.56 Å². The van der Waals surface area contributed by atoms with Gasteiger partial charge >= 0.3 is 0 Å². The molecule has 4 nitrogen and oxygen atoms in total. The van der Waals surface area contributed by atoms with Gasteiger partial charge in [-0.05, 0) is 36.8 Å². The van der Waals surface area contributed by atoms with Gasteiger partial charge < -0.3 is 5.32 Å². The van der Waals surface area contributed by atoms with Gasteiger partial charge in [-0.1, -0.05) is 6.07 Å². The van der Waals surface area contributed by atoms with Crippen molar-refractivity contribution in [2.24, 2.45) is 0 Å². The molecule has 1 aromatic carbocycles. The average Bonchev–Trinajstić information content (AvgIpc) is 2.42. The van der Waals surface area contributed by atoms with Crippen molar-refractivity contribution < 1.29 is 9.18 Å². The number of carbonyl (C=O) groups is 1. The van der Waals surface area contributed by atoms with Gasteiger partial charge in [-0.15, -0.1) is 0 Å². The third-order valence-electron chi connectivity index (χ3n) is 2.57. The molecule has 0 fully saturated rings. The highest BCUT2D eigenvalue weighted by atomic mass is 19.1. The van der Waals surface area contributed by atoms with Crippen LogP contribution < -0.4 is 5.32 Å². The number of pyridine rings is 1. The number of amides is 1. The van der Waals surface area contributed by atoms with Crippen LogP contribution in [0.5, 0.6) is 0 Å². The molecule has 0 aliphatic carbocycles. The highest BCUT2D eigenvalue weighted by Gasteiger charge is 2.09. The van der Waals surface area contributed by atoms with Crippen LogP contribution >= 0.6 is 0 Å². The molecule has 1 aromatic heterocycles. The van der Waals surface area contributed by atoms with Gasteiger partial charge in [0.25, 0.3) is 5.91 Å². The SMILES string of the molecule is Cc1ccc(C(=O)Nc2ccc(C#N)cn2)cc1F. The van der Waals surface area contributed by atoms with Crippen molar-refractivity contribution in [1.29, 1.82) is 5.26 Å². The minimum absolute atomic E-state index is 0.217.